The zero-order valence-corrected chi connectivity index (χ0v) is 11.9. The van der Waals surface area contributed by atoms with Crippen LogP contribution in [-0.4, -0.2) is 13.1 Å². The Hall–Kier alpha value is -1.02. The molecule has 18 heavy (non-hydrogen) atoms. The summed E-state index contributed by atoms with van der Waals surface area (Å²) in [5.74, 6) is 0.803. The Labute approximate surface area is 111 Å². The first-order valence-corrected chi connectivity index (χ1v) is 7.18. The van der Waals surface area contributed by atoms with E-state index < -0.39 is 0 Å². The average Bonchev–Trinajstić information content (AvgIpc) is 2.38. The maximum absolute atomic E-state index is 5.89. The van der Waals surface area contributed by atoms with Crippen LogP contribution in [0.25, 0.3) is 0 Å². The lowest BCUT2D eigenvalue weighted by molar-refractivity contribution is 0.321. The zero-order chi connectivity index (χ0) is 13.1. The van der Waals surface area contributed by atoms with Crippen LogP contribution >= 0.6 is 0 Å². The van der Waals surface area contributed by atoms with Crippen LogP contribution in [-0.2, 0) is 0 Å². The van der Waals surface area contributed by atoms with Crippen molar-refractivity contribution in [1.29, 1.82) is 0 Å². The molecular weight excluding hydrogens is 220 g/mol. The van der Waals surface area contributed by atoms with Crippen molar-refractivity contribution in [2.45, 2.75) is 51.6 Å². The monoisotopic (exact) mass is 246 g/mol. The summed E-state index contributed by atoms with van der Waals surface area (Å²) in [5.41, 5.74) is 8.42. The topological polar surface area (TPSA) is 29.3 Å². The number of nitrogens with two attached hydrogens (primary N) is 1. The van der Waals surface area contributed by atoms with Gasteiger partial charge in [0.1, 0.15) is 0 Å². The van der Waals surface area contributed by atoms with Crippen molar-refractivity contribution in [3.05, 3.63) is 29.8 Å². The van der Waals surface area contributed by atoms with Crippen LogP contribution in [0, 0.1) is 5.92 Å². The molecule has 0 aliphatic heterocycles. The van der Waals surface area contributed by atoms with Crippen molar-refractivity contribution >= 4 is 5.69 Å². The summed E-state index contributed by atoms with van der Waals surface area (Å²) < 4.78 is 0. The lowest BCUT2D eigenvalue weighted by atomic mass is 9.85. The highest BCUT2D eigenvalue weighted by atomic mass is 15.1. The SMILES string of the molecule is CC(N)c1ccc(N(C)C2CCCCC2C)cc1. The van der Waals surface area contributed by atoms with Crippen molar-refractivity contribution in [2.24, 2.45) is 11.7 Å². The van der Waals surface area contributed by atoms with Crippen molar-refractivity contribution < 1.29 is 0 Å². The average molecular weight is 246 g/mol. The molecule has 0 radical (unpaired) electrons. The van der Waals surface area contributed by atoms with Crippen LogP contribution in [0.3, 0.4) is 0 Å². The summed E-state index contributed by atoms with van der Waals surface area (Å²) in [4.78, 5) is 2.45. The number of anilines is 1. The minimum atomic E-state index is 0.123. The Morgan fingerprint density at radius 3 is 2.33 bits per heavy atom. The van der Waals surface area contributed by atoms with E-state index in [0.29, 0.717) is 6.04 Å². The van der Waals surface area contributed by atoms with E-state index in [9.17, 15) is 0 Å². The van der Waals surface area contributed by atoms with Gasteiger partial charge in [-0.2, -0.15) is 0 Å². The van der Waals surface area contributed by atoms with Gasteiger partial charge in [-0.3, -0.25) is 0 Å². The van der Waals surface area contributed by atoms with Crippen molar-refractivity contribution in [1.82, 2.24) is 0 Å². The van der Waals surface area contributed by atoms with Gasteiger partial charge >= 0.3 is 0 Å². The van der Waals surface area contributed by atoms with Gasteiger partial charge in [0.15, 0.2) is 0 Å². The van der Waals surface area contributed by atoms with Gasteiger partial charge in [-0.1, -0.05) is 31.9 Å². The quantitative estimate of drug-likeness (QED) is 0.880. The fourth-order valence-corrected chi connectivity index (χ4v) is 3.08. The molecule has 2 rings (SSSR count). The summed E-state index contributed by atoms with van der Waals surface area (Å²) in [6, 6.07) is 9.55. The number of nitrogens with zero attached hydrogens (tertiary/aromatic N) is 1. The van der Waals surface area contributed by atoms with E-state index in [2.05, 4.69) is 43.1 Å². The van der Waals surface area contributed by atoms with Crippen molar-refractivity contribution in [2.75, 3.05) is 11.9 Å². The first-order chi connectivity index (χ1) is 8.59. The normalized spacial score (nSPS) is 25.8. The highest BCUT2D eigenvalue weighted by molar-refractivity contribution is 5.48. The van der Waals surface area contributed by atoms with E-state index in [1.54, 1.807) is 0 Å². The smallest absolute Gasteiger partial charge is 0.0366 e. The van der Waals surface area contributed by atoms with E-state index in [1.165, 1.54) is 36.9 Å². The molecular formula is C16H26N2. The Kier molecular flexibility index (Phi) is 4.28. The molecule has 1 aromatic carbocycles. The third-order valence-electron chi connectivity index (χ3n) is 4.39. The van der Waals surface area contributed by atoms with Gasteiger partial charge in [0.25, 0.3) is 0 Å². The van der Waals surface area contributed by atoms with Crippen LogP contribution < -0.4 is 10.6 Å². The second-order valence-electron chi connectivity index (χ2n) is 5.82. The molecule has 2 heteroatoms. The van der Waals surface area contributed by atoms with E-state index in [0.717, 1.165) is 5.92 Å². The number of benzene rings is 1. The molecule has 0 saturated heterocycles. The zero-order valence-electron chi connectivity index (χ0n) is 11.9. The Balaban J connectivity index is 2.10. The molecule has 2 N–H and O–H groups in total. The van der Waals surface area contributed by atoms with Crippen molar-refractivity contribution in [3.63, 3.8) is 0 Å². The van der Waals surface area contributed by atoms with Crippen molar-refractivity contribution in [3.8, 4) is 0 Å². The first kappa shape index (κ1) is 13.4. The largest absolute Gasteiger partial charge is 0.371 e. The van der Waals surface area contributed by atoms with Gasteiger partial charge in [0.05, 0.1) is 0 Å². The summed E-state index contributed by atoms with van der Waals surface area (Å²) in [5, 5.41) is 0. The molecule has 0 bridgehead atoms. The third-order valence-corrected chi connectivity index (χ3v) is 4.39. The fourth-order valence-electron chi connectivity index (χ4n) is 3.08. The molecule has 100 valence electrons. The Bertz CT molecular complexity index is 369. The van der Waals surface area contributed by atoms with E-state index >= 15 is 0 Å². The van der Waals surface area contributed by atoms with Crippen LogP contribution in [0.2, 0.25) is 0 Å². The van der Waals surface area contributed by atoms with Crippen LogP contribution in [0.5, 0.6) is 0 Å². The molecule has 0 heterocycles. The lowest BCUT2D eigenvalue weighted by Gasteiger charge is -2.37. The molecule has 1 aliphatic rings. The second kappa shape index (κ2) is 5.75. The summed E-state index contributed by atoms with van der Waals surface area (Å²) >= 11 is 0. The summed E-state index contributed by atoms with van der Waals surface area (Å²) in [6.07, 6.45) is 5.46. The molecule has 1 aliphatic carbocycles. The highest BCUT2D eigenvalue weighted by Gasteiger charge is 2.25. The molecule has 1 saturated carbocycles. The second-order valence-corrected chi connectivity index (χ2v) is 5.82. The molecule has 2 nitrogen and oxygen atoms in total. The molecule has 0 aromatic heterocycles. The van der Waals surface area contributed by atoms with Gasteiger partial charge in [-0.05, 0) is 43.4 Å². The number of hydrogen-bond acceptors (Lipinski definition) is 2. The molecule has 0 spiro atoms. The minimum Gasteiger partial charge on any atom is -0.371 e. The summed E-state index contributed by atoms with van der Waals surface area (Å²) in [6.45, 7) is 4.42. The van der Waals surface area contributed by atoms with Gasteiger partial charge in [-0.15, -0.1) is 0 Å². The van der Waals surface area contributed by atoms with Gasteiger partial charge < -0.3 is 10.6 Å². The molecule has 1 fully saturated rings. The minimum absolute atomic E-state index is 0.123. The molecule has 0 amide bonds. The predicted octanol–water partition coefficient (Wildman–Crippen LogP) is 3.72. The Morgan fingerprint density at radius 1 is 1.17 bits per heavy atom. The van der Waals surface area contributed by atoms with Gasteiger partial charge in [0, 0.05) is 24.8 Å². The Morgan fingerprint density at radius 2 is 1.78 bits per heavy atom. The maximum Gasteiger partial charge on any atom is 0.0366 e. The number of hydrogen-bond donors (Lipinski definition) is 1. The van der Waals surface area contributed by atoms with Crippen LogP contribution in [0.4, 0.5) is 5.69 Å². The van der Waals surface area contributed by atoms with Gasteiger partial charge in [0.2, 0.25) is 0 Å². The van der Waals surface area contributed by atoms with Gasteiger partial charge in [-0.25, -0.2) is 0 Å². The first-order valence-electron chi connectivity index (χ1n) is 7.18. The predicted molar refractivity (Wildman–Crippen MR) is 78.9 cm³/mol. The maximum atomic E-state index is 5.89. The van der Waals surface area contributed by atoms with E-state index in [1.807, 2.05) is 6.92 Å². The number of rotatable bonds is 3. The fraction of sp³-hybridized carbons (Fsp3) is 0.625. The summed E-state index contributed by atoms with van der Waals surface area (Å²) in [7, 11) is 2.23. The van der Waals surface area contributed by atoms with E-state index in [4.69, 9.17) is 5.73 Å². The highest BCUT2D eigenvalue weighted by Crippen LogP contribution is 2.30. The molecule has 3 unspecified atom stereocenters. The van der Waals surface area contributed by atoms with E-state index in [-0.39, 0.29) is 6.04 Å². The third kappa shape index (κ3) is 2.86. The lowest BCUT2D eigenvalue weighted by Crippen LogP contribution is -2.38. The molecule has 1 aromatic rings. The van der Waals surface area contributed by atoms with Crippen LogP contribution in [0.15, 0.2) is 24.3 Å². The van der Waals surface area contributed by atoms with Crippen LogP contribution in [0.1, 0.15) is 51.1 Å². The molecule has 3 atom stereocenters. The standard InChI is InChI=1S/C16H26N2/c1-12-6-4-5-7-16(12)18(3)15-10-8-14(9-11-15)13(2)17/h8-13,16H,4-7,17H2,1-3H3.